The minimum absolute atomic E-state index is 0.218. The maximum atomic E-state index is 12.9. The van der Waals surface area contributed by atoms with E-state index >= 15 is 0 Å². The topological polar surface area (TPSA) is 80.5 Å². The van der Waals surface area contributed by atoms with Crippen LogP contribution in [-0.4, -0.2) is 34.8 Å². The first-order chi connectivity index (χ1) is 15.9. The number of guanidine groups is 1. The number of nitrogens with one attached hydrogen (secondary N) is 2. The van der Waals surface area contributed by atoms with Crippen LogP contribution < -0.4 is 15.4 Å². The molecule has 33 heavy (non-hydrogen) atoms. The predicted molar refractivity (Wildman–Crippen MR) is 133 cm³/mol. The summed E-state index contributed by atoms with van der Waals surface area (Å²) in [7, 11) is 0. The second kappa shape index (κ2) is 11.3. The largest absolute Gasteiger partial charge is 0.492 e. The molecule has 0 aliphatic carbocycles. The fraction of sp³-hybridized carbons (Fsp3) is 0.346. The lowest BCUT2D eigenvalue weighted by molar-refractivity contribution is 0.0977. The van der Waals surface area contributed by atoms with Gasteiger partial charge in [-0.3, -0.25) is 19.8 Å². The number of benzene rings is 2. The van der Waals surface area contributed by atoms with Gasteiger partial charge < -0.3 is 10.1 Å². The Labute approximate surface area is 195 Å². The van der Waals surface area contributed by atoms with E-state index in [0.717, 1.165) is 35.6 Å². The summed E-state index contributed by atoms with van der Waals surface area (Å²) in [4.78, 5) is 17.6. The fourth-order valence-electron chi connectivity index (χ4n) is 3.74. The molecule has 0 radical (unpaired) electrons. The van der Waals surface area contributed by atoms with Crippen molar-refractivity contribution in [2.75, 3.05) is 18.5 Å². The Hall–Kier alpha value is -3.61. The van der Waals surface area contributed by atoms with Gasteiger partial charge in [-0.1, -0.05) is 29.8 Å². The zero-order valence-corrected chi connectivity index (χ0v) is 20.1. The van der Waals surface area contributed by atoms with E-state index in [-0.39, 0.29) is 5.91 Å². The molecular formula is C26H33N5O2. The fourth-order valence-corrected chi connectivity index (χ4v) is 3.74. The van der Waals surface area contributed by atoms with Gasteiger partial charge in [0.15, 0.2) is 0 Å². The van der Waals surface area contributed by atoms with Gasteiger partial charge in [0.2, 0.25) is 5.96 Å². The first kappa shape index (κ1) is 24.0. The molecule has 174 valence electrons. The van der Waals surface area contributed by atoms with Crippen LogP contribution in [0.4, 0.5) is 5.69 Å². The number of aryl methyl sites for hydroxylation is 3. The van der Waals surface area contributed by atoms with E-state index in [1.165, 1.54) is 5.56 Å². The lowest BCUT2D eigenvalue weighted by atomic mass is 10.1. The molecule has 1 aromatic heterocycles. The number of para-hydroxylation sites is 2. The highest BCUT2D eigenvalue weighted by molar-refractivity contribution is 6.10. The summed E-state index contributed by atoms with van der Waals surface area (Å²) >= 11 is 0. The lowest BCUT2D eigenvalue weighted by Gasteiger charge is -2.15. The van der Waals surface area contributed by atoms with Crippen molar-refractivity contribution in [3.63, 3.8) is 0 Å². The summed E-state index contributed by atoms with van der Waals surface area (Å²) in [5.41, 5.74) is 5.72. The Morgan fingerprint density at radius 2 is 1.88 bits per heavy atom. The molecule has 1 heterocycles. The molecule has 1 amide bonds. The zero-order chi connectivity index (χ0) is 23.8. The van der Waals surface area contributed by atoms with Crippen molar-refractivity contribution < 1.29 is 9.53 Å². The quantitative estimate of drug-likeness (QED) is 0.389. The van der Waals surface area contributed by atoms with Crippen LogP contribution in [0.2, 0.25) is 0 Å². The third-order valence-corrected chi connectivity index (χ3v) is 5.41. The number of carbonyl (C=O) groups excluding carboxylic acids is 1. The van der Waals surface area contributed by atoms with Gasteiger partial charge in [0.25, 0.3) is 5.91 Å². The monoisotopic (exact) mass is 447 g/mol. The van der Waals surface area contributed by atoms with Crippen LogP contribution in [0.1, 0.15) is 46.7 Å². The van der Waals surface area contributed by atoms with Crippen LogP contribution in [0.15, 0.2) is 53.5 Å². The van der Waals surface area contributed by atoms with E-state index in [9.17, 15) is 4.79 Å². The number of anilines is 1. The number of hydrogen-bond acceptors (Lipinski definition) is 4. The van der Waals surface area contributed by atoms with Crippen molar-refractivity contribution in [3.05, 3.63) is 76.6 Å². The molecule has 0 fully saturated rings. The van der Waals surface area contributed by atoms with Crippen molar-refractivity contribution in [1.29, 1.82) is 0 Å². The van der Waals surface area contributed by atoms with Gasteiger partial charge in [-0.2, -0.15) is 5.10 Å². The van der Waals surface area contributed by atoms with Gasteiger partial charge in [0.05, 0.1) is 18.0 Å². The summed E-state index contributed by atoms with van der Waals surface area (Å²) in [6, 6.07) is 15.1. The van der Waals surface area contributed by atoms with Crippen molar-refractivity contribution in [1.82, 2.24) is 15.1 Å². The number of carbonyl (C=O) groups is 1. The predicted octanol–water partition coefficient (Wildman–Crippen LogP) is 4.67. The van der Waals surface area contributed by atoms with Gasteiger partial charge in [0, 0.05) is 24.3 Å². The van der Waals surface area contributed by atoms with Crippen molar-refractivity contribution >= 4 is 17.6 Å². The average Bonchev–Trinajstić information content (AvgIpc) is 3.08. The third kappa shape index (κ3) is 6.22. The second-order valence-electron chi connectivity index (χ2n) is 7.82. The molecule has 7 nitrogen and oxygen atoms in total. The first-order valence-electron chi connectivity index (χ1n) is 11.4. The van der Waals surface area contributed by atoms with Crippen LogP contribution in [-0.2, 0) is 13.0 Å². The smallest absolute Gasteiger partial charge is 0.257 e. The molecule has 0 unspecified atom stereocenters. The molecule has 7 heteroatoms. The molecule has 2 N–H and O–H groups in total. The van der Waals surface area contributed by atoms with Gasteiger partial charge in [-0.25, -0.2) is 0 Å². The molecule has 3 aromatic rings. The van der Waals surface area contributed by atoms with Crippen LogP contribution in [0.5, 0.6) is 5.75 Å². The summed E-state index contributed by atoms with van der Waals surface area (Å²) < 4.78 is 7.73. The summed E-state index contributed by atoms with van der Waals surface area (Å²) in [6.45, 7) is 12.0. The summed E-state index contributed by atoms with van der Waals surface area (Å²) in [5, 5.41) is 10.8. The van der Waals surface area contributed by atoms with E-state index in [2.05, 4.69) is 29.6 Å². The SMILES string of the molecule is CCOc1ccccc1NC(=NCCc1c(C)nn(CC)c1C)NC(=O)c1cccc(C)c1. The number of rotatable bonds is 8. The minimum atomic E-state index is -0.218. The Morgan fingerprint density at radius 3 is 2.58 bits per heavy atom. The number of aromatic nitrogens is 2. The average molecular weight is 448 g/mol. The molecule has 0 saturated heterocycles. The highest BCUT2D eigenvalue weighted by Crippen LogP contribution is 2.23. The van der Waals surface area contributed by atoms with Crippen molar-refractivity contribution in [3.8, 4) is 5.75 Å². The molecule has 0 atom stereocenters. The third-order valence-electron chi connectivity index (χ3n) is 5.41. The number of aliphatic imine (C=N–C) groups is 1. The zero-order valence-electron chi connectivity index (χ0n) is 20.1. The molecule has 0 aliphatic heterocycles. The molecular weight excluding hydrogens is 414 g/mol. The molecule has 3 rings (SSSR count). The van der Waals surface area contributed by atoms with E-state index in [0.29, 0.717) is 30.4 Å². The second-order valence-corrected chi connectivity index (χ2v) is 7.82. The number of amides is 1. The number of ether oxygens (including phenoxy) is 1. The first-order valence-corrected chi connectivity index (χ1v) is 11.4. The normalized spacial score (nSPS) is 11.4. The molecule has 2 aromatic carbocycles. The standard InChI is InChI=1S/C26H33N5O2/c1-6-31-20(5)22(19(4)30-31)15-16-27-26(28-23-13-8-9-14-24(23)33-7-2)29-25(32)21-12-10-11-18(3)17-21/h8-14,17H,6-7,15-16H2,1-5H3,(H2,27,28,29,32). The van der Waals surface area contributed by atoms with Crippen molar-refractivity contribution in [2.24, 2.45) is 4.99 Å². The Morgan fingerprint density at radius 1 is 1.09 bits per heavy atom. The summed E-state index contributed by atoms with van der Waals surface area (Å²) in [6.07, 6.45) is 0.732. The highest BCUT2D eigenvalue weighted by Gasteiger charge is 2.13. The van der Waals surface area contributed by atoms with Crippen molar-refractivity contribution in [2.45, 2.75) is 47.6 Å². The maximum absolute atomic E-state index is 12.9. The number of hydrogen-bond donors (Lipinski definition) is 2. The van der Waals surface area contributed by atoms with Crippen LogP contribution in [0.3, 0.4) is 0 Å². The van der Waals surface area contributed by atoms with Crippen LogP contribution in [0, 0.1) is 20.8 Å². The molecule has 0 aliphatic rings. The van der Waals surface area contributed by atoms with E-state index in [1.54, 1.807) is 6.07 Å². The van der Waals surface area contributed by atoms with Crippen LogP contribution >= 0.6 is 0 Å². The van der Waals surface area contributed by atoms with Gasteiger partial charge >= 0.3 is 0 Å². The number of nitrogens with zero attached hydrogens (tertiary/aromatic N) is 3. The van der Waals surface area contributed by atoms with Gasteiger partial charge in [-0.15, -0.1) is 0 Å². The van der Waals surface area contributed by atoms with Crippen LogP contribution in [0.25, 0.3) is 0 Å². The molecule has 0 bridgehead atoms. The molecule has 0 saturated carbocycles. The summed E-state index contributed by atoms with van der Waals surface area (Å²) in [5.74, 6) is 0.866. The van der Waals surface area contributed by atoms with Gasteiger partial charge in [0.1, 0.15) is 5.75 Å². The van der Waals surface area contributed by atoms with E-state index < -0.39 is 0 Å². The highest BCUT2D eigenvalue weighted by atomic mass is 16.5. The Kier molecular flexibility index (Phi) is 8.24. The van der Waals surface area contributed by atoms with Gasteiger partial charge in [-0.05, 0) is 70.9 Å². The lowest BCUT2D eigenvalue weighted by Crippen LogP contribution is -2.36. The Bertz CT molecular complexity index is 1130. The minimum Gasteiger partial charge on any atom is -0.492 e. The van der Waals surface area contributed by atoms with E-state index in [1.807, 2.05) is 67.9 Å². The van der Waals surface area contributed by atoms with E-state index in [4.69, 9.17) is 9.73 Å². The maximum Gasteiger partial charge on any atom is 0.257 e. The molecule has 0 spiro atoms. The Balaban J connectivity index is 1.83.